The first-order valence-corrected chi connectivity index (χ1v) is 12.8. The fraction of sp³-hybridized carbons (Fsp3) is 0.409. The SMILES string of the molecule is COc1ccc(S(=O)(=O)N2CCC[C@@H](C(=O)N3c4ccc(Br)cc4C[C@H]3C)C2)cc1Cl. The van der Waals surface area contributed by atoms with Gasteiger partial charge in [-0.2, -0.15) is 4.31 Å². The van der Waals surface area contributed by atoms with E-state index in [0.29, 0.717) is 25.1 Å². The Balaban J connectivity index is 1.56. The molecule has 0 saturated carbocycles. The van der Waals surface area contributed by atoms with Crippen molar-refractivity contribution in [2.75, 3.05) is 25.1 Å². The van der Waals surface area contributed by atoms with Gasteiger partial charge in [-0.15, -0.1) is 0 Å². The molecule has 31 heavy (non-hydrogen) atoms. The molecular weight excluding hydrogens is 504 g/mol. The van der Waals surface area contributed by atoms with Crippen molar-refractivity contribution in [3.05, 3.63) is 51.5 Å². The lowest BCUT2D eigenvalue weighted by Crippen LogP contribution is -2.48. The number of carbonyl (C=O) groups is 1. The first-order chi connectivity index (χ1) is 14.7. The number of ether oxygens (including phenoxy) is 1. The van der Waals surface area contributed by atoms with Gasteiger partial charge < -0.3 is 9.64 Å². The minimum Gasteiger partial charge on any atom is -0.495 e. The number of halogens is 2. The number of methoxy groups -OCH3 is 1. The number of nitrogens with zero attached hydrogens (tertiary/aromatic N) is 2. The van der Waals surface area contributed by atoms with E-state index in [0.717, 1.165) is 22.1 Å². The Morgan fingerprint density at radius 1 is 1.23 bits per heavy atom. The Morgan fingerprint density at radius 3 is 2.71 bits per heavy atom. The molecule has 1 amide bonds. The van der Waals surface area contributed by atoms with Crippen LogP contribution in [0, 0.1) is 5.92 Å². The molecule has 4 rings (SSSR count). The fourth-order valence-electron chi connectivity index (χ4n) is 4.45. The predicted molar refractivity (Wildman–Crippen MR) is 124 cm³/mol. The number of sulfonamides is 1. The van der Waals surface area contributed by atoms with Crippen LogP contribution in [0.3, 0.4) is 0 Å². The van der Waals surface area contributed by atoms with E-state index in [-0.39, 0.29) is 34.3 Å². The number of piperidine rings is 1. The quantitative estimate of drug-likeness (QED) is 0.588. The van der Waals surface area contributed by atoms with Gasteiger partial charge in [0.1, 0.15) is 5.75 Å². The van der Waals surface area contributed by atoms with E-state index in [9.17, 15) is 13.2 Å². The molecule has 1 fully saturated rings. The van der Waals surface area contributed by atoms with Crippen molar-refractivity contribution in [1.82, 2.24) is 4.31 Å². The van der Waals surface area contributed by atoms with Crippen LogP contribution in [0.4, 0.5) is 5.69 Å². The van der Waals surface area contributed by atoms with Crippen LogP contribution in [0.5, 0.6) is 5.75 Å². The third-order valence-electron chi connectivity index (χ3n) is 5.99. The molecule has 0 bridgehead atoms. The van der Waals surface area contributed by atoms with Gasteiger partial charge >= 0.3 is 0 Å². The zero-order valence-electron chi connectivity index (χ0n) is 17.3. The molecule has 0 aliphatic carbocycles. The molecule has 0 aromatic heterocycles. The average molecular weight is 528 g/mol. The number of carbonyl (C=O) groups excluding carboxylic acids is 1. The Kier molecular flexibility index (Phi) is 6.36. The molecule has 6 nitrogen and oxygen atoms in total. The molecule has 166 valence electrons. The van der Waals surface area contributed by atoms with Gasteiger partial charge in [0.15, 0.2) is 0 Å². The van der Waals surface area contributed by atoms with Crippen LogP contribution in [0.25, 0.3) is 0 Å². The fourth-order valence-corrected chi connectivity index (χ4v) is 6.73. The summed E-state index contributed by atoms with van der Waals surface area (Å²) in [7, 11) is -2.28. The molecule has 0 radical (unpaired) electrons. The van der Waals surface area contributed by atoms with Gasteiger partial charge in [0.25, 0.3) is 0 Å². The molecule has 0 spiro atoms. The smallest absolute Gasteiger partial charge is 0.243 e. The second-order valence-electron chi connectivity index (χ2n) is 8.03. The van der Waals surface area contributed by atoms with Gasteiger partial charge in [0, 0.05) is 29.3 Å². The normalized spacial score (nSPS) is 21.7. The Morgan fingerprint density at radius 2 is 2.00 bits per heavy atom. The monoisotopic (exact) mass is 526 g/mol. The Hall–Kier alpha value is -1.61. The van der Waals surface area contributed by atoms with Gasteiger partial charge in [0.05, 0.1) is 22.9 Å². The second-order valence-corrected chi connectivity index (χ2v) is 11.3. The lowest BCUT2D eigenvalue weighted by atomic mass is 9.97. The standard InChI is InChI=1S/C22H24BrClN2O4S/c1-14-10-16-11-17(23)5-7-20(16)26(14)22(27)15-4-3-9-25(13-15)31(28,29)18-6-8-21(30-2)19(24)12-18/h5-8,11-12,14-15H,3-4,9-10,13H2,1-2H3/t14-,15-/m1/s1. The van der Waals surface area contributed by atoms with Crippen molar-refractivity contribution in [1.29, 1.82) is 0 Å². The van der Waals surface area contributed by atoms with Crippen LogP contribution in [0.15, 0.2) is 45.8 Å². The van der Waals surface area contributed by atoms with E-state index in [2.05, 4.69) is 15.9 Å². The van der Waals surface area contributed by atoms with Crippen molar-refractivity contribution in [3.63, 3.8) is 0 Å². The van der Waals surface area contributed by atoms with Gasteiger partial charge in [-0.1, -0.05) is 27.5 Å². The number of hydrogen-bond acceptors (Lipinski definition) is 4. The highest BCUT2D eigenvalue weighted by atomic mass is 79.9. The zero-order valence-corrected chi connectivity index (χ0v) is 20.5. The van der Waals surface area contributed by atoms with Crippen molar-refractivity contribution < 1.29 is 17.9 Å². The van der Waals surface area contributed by atoms with Gasteiger partial charge in [-0.05, 0) is 68.1 Å². The molecule has 0 N–H and O–H groups in total. The number of fused-ring (bicyclic) bond motifs is 1. The van der Waals surface area contributed by atoms with Crippen LogP contribution in [-0.4, -0.2) is 44.9 Å². The molecule has 2 atom stereocenters. The van der Waals surface area contributed by atoms with E-state index in [1.807, 2.05) is 30.0 Å². The largest absolute Gasteiger partial charge is 0.495 e. The number of anilines is 1. The maximum Gasteiger partial charge on any atom is 0.243 e. The molecule has 2 aromatic carbocycles. The van der Waals surface area contributed by atoms with Crippen LogP contribution >= 0.6 is 27.5 Å². The maximum atomic E-state index is 13.5. The van der Waals surface area contributed by atoms with Gasteiger partial charge in [0.2, 0.25) is 15.9 Å². The molecule has 2 aromatic rings. The first kappa shape index (κ1) is 22.6. The molecule has 2 heterocycles. The molecule has 0 unspecified atom stereocenters. The number of rotatable bonds is 4. The molecule has 2 aliphatic heterocycles. The van der Waals surface area contributed by atoms with Gasteiger partial charge in [-0.25, -0.2) is 8.42 Å². The van der Waals surface area contributed by atoms with E-state index in [1.165, 1.54) is 23.5 Å². The average Bonchev–Trinajstić information content (AvgIpc) is 3.07. The van der Waals surface area contributed by atoms with Crippen molar-refractivity contribution in [3.8, 4) is 5.75 Å². The van der Waals surface area contributed by atoms with Crippen molar-refractivity contribution in [2.45, 2.75) is 37.1 Å². The van der Waals surface area contributed by atoms with Crippen LogP contribution in [0.1, 0.15) is 25.3 Å². The van der Waals surface area contributed by atoms with E-state index < -0.39 is 10.0 Å². The third-order valence-corrected chi connectivity index (χ3v) is 8.64. The van der Waals surface area contributed by atoms with Crippen molar-refractivity contribution in [2.24, 2.45) is 5.92 Å². The summed E-state index contributed by atoms with van der Waals surface area (Å²) >= 11 is 9.63. The molecule has 2 aliphatic rings. The van der Waals surface area contributed by atoms with Crippen LogP contribution < -0.4 is 9.64 Å². The van der Waals surface area contributed by atoms with Crippen molar-refractivity contribution >= 4 is 49.1 Å². The first-order valence-electron chi connectivity index (χ1n) is 10.2. The summed E-state index contributed by atoms with van der Waals surface area (Å²) in [5.41, 5.74) is 2.05. The minimum absolute atomic E-state index is 0.0127. The number of amides is 1. The van der Waals surface area contributed by atoms with E-state index in [1.54, 1.807) is 6.07 Å². The second kappa shape index (κ2) is 8.73. The van der Waals surface area contributed by atoms with Crippen LogP contribution in [-0.2, 0) is 21.2 Å². The summed E-state index contributed by atoms with van der Waals surface area (Å²) in [6.45, 7) is 2.58. The predicted octanol–water partition coefficient (Wildman–Crippen LogP) is 4.49. The molecule has 9 heteroatoms. The lowest BCUT2D eigenvalue weighted by molar-refractivity contribution is -0.123. The Labute approximate surface area is 196 Å². The maximum absolute atomic E-state index is 13.5. The van der Waals surface area contributed by atoms with Gasteiger partial charge in [-0.3, -0.25) is 4.79 Å². The molecular formula is C22H24BrClN2O4S. The lowest BCUT2D eigenvalue weighted by Gasteiger charge is -2.34. The zero-order chi connectivity index (χ0) is 22.3. The van der Waals surface area contributed by atoms with E-state index in [4.69, 9.17) is 16.3 Å². The summed E-state index contributed by atoms with van der Waals surface area (Å²) in [5, 5.41) is 0.238. The topological polar surface area (TPSA) is 66.9 Å². The van der Waals surface area contributed by atoms with Crippen LogP contribution in [0.2, 0.25) is 5.02 Å². The van der Waals surface area contributed by atoms with E-state index >= 15 is 0 Å². The minimum atomic E-state index is -3.76. The summed E-state index contributed by atoms with van der Waals surface area (Å²) in [5.74, 6) is 0.0242. The summed E-state index contributed by atoms with van der Waals surface area (Å²) in [6, 6.07) is 10.4. The summed E-state index contributed by atoms with van der Waals surface area (Å²) in [6.07, 6.45) is 2.10. The Bertz CT molecular complexity index is 1120. The highest BCUT2D eigenvalue weighted by Gasteiger charge is 2.39. The third kappa shape index (κ3) is 4.23. The summed E-state index contributed by atoms with van der Waals surface area (Å²) < 4.78 is 34.0. The highest BCUT2D eigenvalue weighted by molar-refractivity contribution is 9.10. The molecule has 1 saturated heterocycles. The number of hydrogen-bond donors (Lipinski definition) is 0. The highest BCUT2D eigenvalue weighted by Crippen LogP contribution is 2.37. The summed E-state index contributed by atoms with van der Waals surface area (Å²) in [4.78, 5) is 15.4. The number of benzene rings is 2.